The summed E-state index contributed by atoms with van der Waals surface area (Å²) >= 11 is 0. The molecule has 6 heteroatoms. The highest BCUT2D eigenvalue weighted by atomic mass is 32.2. The lowest BCUT2D eigenvalue weighted by atomic mass is 10.3. The molecule has 0 unspecified atom stereocenters. The molecule has 0 spiro atoms. The monoisotopic (exact) mass is 270 g/mol. The van der Waals surface area contributed by atoms with Crippen LogP contribution in [0.5, 0.6) is 0 Å². The molecular weight excluding hydrogens is 252 g/mol. The first-order valence-corrected chi connectivity index (χ1v) is 7.25. The third-order valence-corrected chi connectivity index (χ3v) is 4.52. The molecule has 1 amide bonds. The number of carbonyl (C=O) groups excluding carboxylic acids is 1. The van der Waals surface area contributed by atoms with E-state index in [1.807, 2.05) is 18.2 Å². The van der Waals surface area contributed by atoms with Crippen molar-refractivity contribution in [3.05, 3.63) is 30.3 Å². The molecule has 0 radical (unpaired) electrons. The first kappa shape index (κ1) is 14.7. The van der Waals surface area contributed by atoms with Gasteiger partial charge in [0.25, 0.3) is 0 Å². The van der Waals surface area contributed by atoms with E-state index >= 15 is 0 Å². The molecular formula is C12H18N2O3S. The van der Waals surface area contributed by atoms with Gasteiger partial charge in [-0.15, -0.1) is 0 Å². The highest BCUT2D eigenvalue weighted by Crippen LogP contribution is 2.11. The van der Waals surface area contributed by atoms with Crippen molar-refractivity contribution in [2.24, 2.45) is 0 Å². The summed E-state index contributed by atoms with van der Waals surface area (Å²) in [6.45, 7) is 1.40. The van der Waals surface area contributed by atoms with Crippen molar-refractivity contribution in [3.63, 3.8) is 0 Å². The second-order valence-electron chi connectivity index (χ2n) is 3.94. The van der Waals surface area contributed by atoms with Gasteiger partial charge in [-0.05, 0) is 19.1 Å². The molecule has 0 aromatic heterocycles. The van der Waals surface area contributed by atoms with Gasteiger partial charge in [-0.1, -0.05) is 18.2 Å². The molecule has 1 rings (SSSR count). The molecule has 1 aromatic carbocycles. The summed E-state index contributed by atoms with van der Waals surface area (Å²) in [5.41, 5.74) is 0.741. The second kappa shape index (κ2) is 5.97. The standard InChI is InChI=1S/C12H18N2O3S/c1-4-18(16,17)13(2)10-12(15)14(3)11-8-6-5-7-9-11/h5-9H,4,10H2,1-3H3. The number of sulfonamides is 1. The lowest BCUT2D eigenvalue weighted by Crippen LogP contribution is -2.39. The lowest BCUT2D eigenvalue weighted by Gasteiger charge is -2.21. The third-order valence-electron chi connectivity index (χ3n) is 2.72. The predicted octanol–water partition coefficient (Wildman–Crippen LogP) is 0.931. The van der Waals surface area contributed by atoms with Gasteiger partial charge in [0.15, 0.2) is 0 Å². The smallest absolute Gasteiger partial charge is 0.242 e. The second-order valence-corrected chi connectivity index (χ2v) is 6.31. The van der Waals surface area contributed by atoms with Crippen LogP contribution in [-0.2, 0) is 14.8 Å². The quantitative estimate of drug-likeness (QED) is 0.800. The van der Waals surface area contributed by atoms with Crippen LogP contribution in [0.3, 0.4) is 0 Å². The molecule has 0 aliphatic rings. The average Bonchev–Trinajstić information content (AvgIpc) is 2.38. The Kier molecular flexibility index (Phi) is 4.86. The Labute approximate surface area is 108 Å². The van der Waals surface area contributed by atoms with Crippen molar-refractivity contribution >= 4 is 21.6 Å². The number of rotatable bonds is 5. The van der Waals surface area contributed by atoms with E-state index in [4.69, 9.17) is 0 Å². The summed E-state index contributed by atoms with van der Waals surface area (Å²) in [5, 5.41) is 0. The van der Waals surface area contributed by atoms with Crippen LogP contribution < -0.4 is 4.90 Å². The minimum atomic E-state index is -3.32. The Bertz CT molecular complexity index is 499. The van der Waals surface area contributed by atoms with Crippen LogP contribution in [-0.4, -0.2) is 45.0 Å². The normalized spacial score (nSPS) is 11.6. The van der Waals surface area contributed by atoms with Crippen LogP contribution >= 0.6 is 0 Å². The first-order valence-electron chi connectivity index (χ1n) is 5.64. The van der Waals surface area contributed by atoms with E-state index in [0.717, 1.165) is 9.99 Å². The van der Waals surface area contributed by atoms with Crippen LogP contribution in [0.1, 0.15) is 6.92 Å². The molecule has 1 aromatic rings. The zero-order chi connectivity index (χ0) is 13.8. The van der Waals surface area contributed by atoms with Crippen molar-refractivity contribution in [2.45, 2.75) is 6.92 Å². The summed E-state index contributed by atoms with van der Waals surface area (Å²) in [6.07, 6.45) is 0. The molecule has 5 nitrogen and oxygen atoms in total. The Balaban J connectivity index is 2.73. The minimum Gasteiger partial charge on any atom is -0.314 e. The number of benzene rings is 1. The highest BCUT2D eigenvalue weighted by Gasteiger charge is 2.20. The van der Waals surface area contributed by atoms with Crippen LogP contribution in [0.15, 0.2) is 30.3 Å². The van der Waals surface area contributed by atoms with Crippen molar-refractivity contribution in [2.75, 3.05) is 31.3 Å². The Morgan fingerprint density at radius 3 is 2.22 bits per heavy atom. The predicted molar refractivity (Wildman–Crippen MR) is 71.9 cm³/mol. The molecule has 0 aliphatic carbocycles. The highest BCUT2D eigenvalue weighted by molar-refractivity contribution is 7.89. The average molecular weight is 270 g/mol. The van der Waals surface area contributed by atoms with Gasteiger partial charge in [-0.2, -0.15) is 4.31 Å². The van der Waals surface area contributed by atoms with Crippen molar-refractivity contribution in [3.8, 4) is 0 Å². The van der Waals surface area contributed by atoms with Crippen LogP contribution in [0, 0.1) is 0 Å². The molecule has 0 heterocycles. The number of hydrogen-bond donors (Lipinski definition) is 0. The van der Waals surface area contributed by atoms with E-state index in [2.05, 4.69) is 0 Å². The molecule has 0 N–H and O–H groups in total. The molecule has 0 aliphatic heterocycles. The zero-order valence-electron chi connectivity index (χ0n) is 10.8. The Hall–Kier alpha value is -1.40. The largest absolute Gasteiger partial charge is 0.314 e. The van der Waals surface area contributed by atoms with Gasteiger partial charge in [-0.25, -0.2) is 8.42 Å². The number of likely N-dealkylation sites (N-methyl/N-ethyl adjacent to an activating group) is 2. The lowest BCUT2D eigenvalue weighted by molar-refractivity contribution is -0.118. The summed E-state index contributed by atoms with van der Waals surface area (Å²) < 4.78 is 24.2. The van der Waals surface area contributed by atoms with E-state index in [1.165, 1.54) is 11.9 Å². The van der Waals surface area contributed by atoms with E-state index in [-0.39, 0.29) is 18.2 Å². The van der Waals surface area contributed by atoms with Gasteiger partial charge in [0.2, 0.25) is 15.9 Å². The molecule has 0 fully saturated rings. The topological polar surface area (TPSA) is 57.7 Å². The van der Waals surface area contributed by atoms with Gasteiger partial charge >= 0.3 is 0 Å². The van der Waals surface area contributed by atoms with E-state index in [0.29, 0.717) is 0 Å². The van der Waals surface area contributed by atoms with Gasteiger partial charge in [-0.3, -0.25) is 4.79 Å². The van der Waals surface area contributed by atoms with E-state index in [1.54, 1.807) is 26.1 Å². The maximum absolute atomic E-state index is 11.9. The maximum Gasteiger partial charge on any atom is 0.242 e. The molecule has 0 bridgehead atoms. The van der Waals surface area contributed by atoms with Gasteiger partial charge in [0, 0.05) is 19.8 Å². The molecule has 18 heavy (non-hydrogen) atoms. The van der Waals surface area contributed by atoms with Crippen LogP contribution in [0.2, 0.25) is 0 Å². The minimum absolute atomic E-state index is 0.00810. The third kappa shape index (κ3) is 3.54. The molecule has 100 valence electrons. The van der Waals surface area contributed by atoms with Crippen molar-refractivity contribution < 1.29 is 13.2 Å². The molecule has 0 saturated heterocycles. The SMILES string of the molecule is CCS(=O)(=O)N(C)CC(=O)N(C)c1ccccc1. The summed E-state index contributed by atoms with van der Waals surface area (Å²) in [5.74, 6) is -0.271. The van der Waals surface area contributed by atoms with Crippen molar-refractivity contribution in [1.29, 1.82) is 0 Å². The van der Waals surface area contributed by atoms with E-state index in [9.17, 15) is 13.2 Å². The molecule has 0 saturated carbocycles. The number of anilines is 1. The fourth-order valence-electron chi connectivity index (χ4n) is 1.41. The number of nitrogens with zero attached hydrogens (tertiary/aromatic N) is 2. The number of para-hydroxylation sites is 1. The maximum atomic E-state index is 11.9. The number of hydrogen-bond acceptors (Lipinski definition) is 3. The fourth-order valence-corrected chi connectivity index (χ4v) is 2.16. The van der Waals surface area contributed by atoms with Crippen molar-refractivity contribution in [1.82, 2.24) is 4.31 Å². The van der Waals surface area contributed by atoms with E-state index < -0.39 is 10.0 Å². The molecule has 0 atom stereocenters. The summed E-state index contributed by atoms with van der Waals surface area (Å²) in [7, 11) is -0.282. The van der Waals surface area contributed by atoms with Crippen LogP contribution in [0.25, 0.3) is 0 Å². The Morgan fingerprint density at radius 1 is 1.17 bits per heavy atom. The number of amides is 1. The zero-order valence-corrected chi connectivity index (χ0v) is 11.6. The number of carbonyl (C=O) groups is 1. The van der Waals surface area contributed by atoms with Gasteiger partial charge in [0.1, 0.15) is 0 Å². The summed E-state index contributed by atoms with van der Waals surface area (Å²) in [6, 6.07) is 9.10. The van der Waals surface area contributed by atoms with Gasteiger partial charge < -0.3 is 4.90 Å². The van der Waals surface area contributed by atoms with Crippen LogP contribution in [0.4, 0.5) is 5.69 Å². The fraction of sp³-hybridized carbons (Fsp3) is 0.417. The van der Waals surface area contributed by atoms with Gasteiger partial charge in [0.05, 0.1) is 12.3 Å². The first-order chi connectivity index (χ1) is 8.38. The summed E-state index contributed by atoms with van der Waals surface area (Å²) in [4.78, 5) is 13.4. The Morgan fingerprint density at radius 2 is 1.72 bits per heavy atom.